The Hall–Kier alpha value is -3.16. The van der Waals surface area contributed by atoms with Gasteiger partial charge in [0.05, 0.1) is 17.0 Å². The van der Waals surface area contributed by atoms with E-state index in [-0.39, 0.29) is 11.4 Å². The summed E-state index contributed by atoms with van der Waals surface area (Å²) in [5, 5.41) is 6.64. The number of nitrogens with zero attached hydrogens (tertiary/aromatic N) is 3. The van der Waals surface area contributed by atoms with Crippen LogP contribution in [0.25, 0.3) is 11.4 Å². The number of carbonyl (C=O) groups is 1. The molecule has 0 aliphatic rings. The van der Waals surface area contributed by atoms with Gasteiger partial charge in [-0.2, -0.15) is 18.3 Å². The smallest absolute Gasteiger partial charge is 0.321 e. The average Bonchev–Trinajstić information content (AvgIpc) is 3.01. The van der Waals surface area contributed by atoms with Crippen LogP contribution in [0.3, 0.4) is 0 Å². The lowest BCUT2D eigenvalue weighted by Crippen LogP contribution is -2.16. The monoisotopic (exact) mass is 360 g/mol. The predicted molar refractivity (Wildman–Crippen MR) is 90.6 cm³/mol. The molecule has 5 nitrogen and oxygen atoms in total. The summed E-state index contributed by atoms with van der Waals surface area (Å²) in [5.41, 5.74) is 1.66. The molecule has 0 atom stereocenters. The molecule has 0 radical (unpaired) electrons. The molecular weight excluding hydrogens is 345 g/mol. The van der Waals surface area contributed by atoms with E-state index in [0.29, 0.717) is 11.3 Å². The van der Waals surface area contributed by atoms with Gasteiger partial charge in [0.1, 0.15) is 5.69 Å². The van der Waals surface area contributed by atoms with Crippen LogP contribution in [0.4, 0.5) is 18.9 Å². The molecule has 3 rings (SSSR count). The molecule has 1 aromatic carbocycles. The number of hydrogen-bond acceptors (Lipinski definition) is 3. The zero-order valence-corrected chi connectivity index (χ0v) is 14.0. The SMILES string of the molecule is Cc1ccc(-c2ccnn2C)nc1C(=O)Nc1ccc(C(F)(F)F)cc1. The summed E-state index contributed by atoms with van der Waals surface area (Å²) >= 11 is 0. The third-order valence-electron chi connectivity index (χ3n) is 3.87. The summed E-state index contributed by atoms with van der Waals surface area (Å²) in [6.07, 6.45) is -2.79. The molecule has 3 aromatic rings. The predicted octanol–water partition coefficient (Wildman–Crippen LogP) is 4.06. The van der Waals surface area contributed by atoms with Crippen LogP contribution >= 0.6 is 0 Å². The number of alkyl halides is 3. The van der Waals surface area contributed by atoms with Crippen molar-refractivity contribution in [2.24, 2.45) is 7.05 Å². The number of rotatable bonds is 3. The standard InChI is InChI=1S/C18H15F3N4O/c1-11-3-8-14(15-9-10-22-25(15)2)24-16(11)17(26)23-13-6-4-12(5-7-13)18(19,20)21/h3-10H,1-2H3,(H,23,26). The van der Waals surface area contributed by atoms with Gasteiger partial charge in [0.2, 0.25) is 0 Å². The van der Waals surface area contributed by atoms with Crippen LogP contribution < -0.4 is 5.32 Å². The van der Waals surface area contributed by atoms with Crippen LogP contribution in [0.2, 0.25) is 0 Å². The highest BCUT2D eigenvalue weighted by molar-refractivity contribution is 6.04. The van der Waals surface area contributed by atoms with Crippen molar-refractivity contribution in [1.82, 2.24) is 14.8 Å². The Morgan fingerprint density at radius 2 is 1.77 bits per heavy atom. The highest BCUT2D eigenvalue weighted by Gasteiger charge is 2.30. The lowest BCUT2D eigenvalue weighted by Gasteiger charge is -2.11. The van der Waals surface area contributed by atoms with Crippen LogP contribution in [0.1, 0.15) is 21.6 Å². The first-order valence-corrected chi connectivity index (χ1v) is 7.70. The third-order valence-corrected chi connectivity index (χ3v) is 3.87. The maximum absolute atomic E-state index is 12.6. The van der Waals surface area contributed by atoms with Crippen molar-refractivity contribution in [1.29, 1.82) is 0 Å². The molecule has 1 amide bonds. The van der Waals surface area contributed by atoms with Crippen molar-refractivity contribution in [3.63, 3.8) is 0 Å². The number of hydrogen-bond donors (Lipinski definition) is 1. The number of benzene rings is 1. The van der Waals surface area contributed by atoms with E-state index in [1.54, 1.807) is 43.0 Å². The molecule has 0 bridgehead atoms. The molecule has 0 fully saturated rings. The average molecular weight is 360 g/mol. The number of anilines is 1. The fraction of sp³-hybridized carbons (Fsp3) is 0.167. The van der Waals surface area contributed by atoms with Gasteiger partial charge in [-0.05, 0) is 48.9 Å². The normalized spacial score (nSPS) is 11.4. The van der Waals surface area contributed by atoms with Crippen molar-refractivity contribution >= 4 is 11.6 Å². The first-order valence-electron chi connectivity index (χ1n) is 7.70. The first kappa shape index (κ1) is 17.7. The van der Waals surface area contributed by atoms with Gasteiger partial charge in [-0.25, -0.2) is 4.98 Å². The highest BCUT2D eigenvalue weighted by atomic mass is 19.4. The van der Waals surface area contributed by atoms with E-state index < -0.39 is 17.6 Å². The van der Waals surface area contributed by atoms with Crippen molar-refractivity contribution in [3.05, 3.63) is 65.5 Å². The second kappa shape index (κ2) is 6.62. The topological polar surface area (TPSA) is 59.8 Å². The van der Waals surface area contributed by atoms with Crippen molar-refractivity contribution < 1.29 is 18.0 Å². The van der Waals surface area contributed by atoms with Gasteiger partial charge in [0.15, 0.2) is 0 Å². The fourth-order valence-corrected chi connectivity index (χ4v) is 2.46. The maximum Gasteiger partial charge on any atom is 0.416 e. The molecule has 0 unspecified atom stereocenters. The number of aryl methyl sites for hydroxylation is 2. The number of pyridine rings is 1. The van der Waals surface area contributed by atoms with Crippen LogP contribution in [0, 0.1) is 6.92 Å². The fourth-order valence-electron chi connectivity index (χ4n) is 2.46. The molecule has 0 saturated carbocycles. The summed E-state index contributed by atoms with van der Waals surface area (Å²) in [6.45, 7) is 1.74. The molecule has 8 heteroatoms. The Labute approximate surface area is 147 Å². The van der Waals surface area contributed by atoms with Gasteiger partial charge >= 0.3 is 6.18 Å². The molecule has 0 aliphatic heterocycles. The molecule has 0 spiro atoms. The molecule has 0 aliphatic carbocycles. The van der Waals surface area contributed by atoms with E-state index in [1.807, 2.05) is 0 Å². The van der Waals surface area contributed by atoms with Gasteiger partial charge in [-0.15, -0.1) is 0 Å². The Balaban J connectivity index is 1.85. The van der Waals surface area contributed by atoms with Gasteiger partial charge < -0.3 is 5.32 Å². The number of nitrogens with one attached hydrogen (secondary N) is 1. The first-order chi connectivity index (χ1) is 12.3. The molecule has 2 heterocycles. The second-order valence-corrected chi connectivity index (χ2v) is 5.73. The number of halogens is 3. The van der Waals surface area contributed by atoms with Crippen LogP contribution in [-0.2, 0) is 13.2 Å². The maximum atomic E-state index is 12.6. The zero-order chi connectivity index (χ0) is 18.9. The lowest BCUT2D eigenvalue weighted by molar-refractivity contribution is -0.137. The lowest BCUT2D eigenvalue weighted by atomic mass is 10.1. The van der Waals surface area contributed by atoms with Crippen LogP contribution in [0.15, 0.2) is 48.7 Å². The molecule has 0 saturated heterocycles. The van der Waals surface area contributed by atoms with Gasteiger partial charge in [-0.1, -0.05) is 6.07 Å². The van der Waals surface area contributed by atoms with E-state index in [0.717, 1.165) is 17.8 Å². The third kappa shape index (κ3) is 3.58. The van der Waals surface area contributed by atoms with Crippen molar-refractivity contribution in [2.75, 3.05) is 5.32 Å². The van der Waals surface area contributed by atoms with E-state index >= 15 is 0 Å². The van der Waals surface area contributed by atoms with E-state index in [4.69, 9.17) is 0 Å². The summed E-state index contributed by atoms with van der Waals surface area (Å²) < 4.78 is 39.5. The van der Waals surface area contributed by atoms with Crippen molar-refractivity contribution in [2.45, 2.75) is 13.1 Å². The van der Waals surface area contributed by atoms with Gasteiger partial charge in [0.25, 0.3) is 5.91 Å². The summed E-state index contributed by atoms with van der Waals surface area (Å²) in [5.74, 6) is -0.494. The highest BCUT2D eigenvalue weighted by Crippen LogP contribution is 2.30. The van der Waals surface area contributed by atoms with E-state index in [2.05, 4.69) is 15.4 Å². The molecule has 134 valence electrons. The Kier molecular flexibility index (Phi) is 4.50. The quantitative estimate of drug-likeness (QED) is 0.766. The largest absolute Gasteiger partial charge is 0.416 e. The molecular formula is C18H15F3N4O. The van der Waals surface area contributed by atoms with E-state index in [9.17, 15) is 18.0 Å². The summed E-state index contributed by atoms with van der Waals surface area (Å²) in [4.78, 5) is 16.9. The minimum absolute atomic E-state index is 0.198. The van der Waals surface area contributed by atoms with Gasteiger partial charge in [0, 0.05) is 18.9 Å². The molecule has 2 aromatic heterocycles. The number of carbonyl (C=O) groups excluding carboxylic acids is 1. The minimum Gasteiger partial charge on any atom is -0.321 e. The zero-order valence-electron chi connectivity index (χ0n) is 14.0. The van der Waals surface area contributed by atoms with Crippen molar-refractivity contribution in [3.8, 4) is 11.4 Å². The number of amides is 1. The van der Waals surface area contributed by atoms with E-state index in [1.165, 1.54) is 12.1 Å². The summed E-state index contributed by atoms with van der Waals surface area (Å²) in [6, 6.07) is 9.57. The minimum atomic E-state index is -4.42. The molecule has 1 N–H and O–H groups in total. The molecule has 26 heavy (non-hydrogen) atoms. The Morgan fingerprint density at radius 3 is 2.35 bits per heavy atom. The summed E-state index contributed by atoms with van der Waals surface area (Å²) in [7, 11) is 1.76. The van der Waals surface area contributed by atoms with Crippen LogP contribution in [0.5, 0.6) is 0 Å². The van der Waals surface area contributed by atoms with Crippen LogP contribution in [-0.4, -0.2) is 20.7 Å². The Bertz CT molecular complexity index is 946. The van der Waals surface area contributed by atoms with Gasteiger partial charge in [-0.3, -0.25) is 9.48 Å². The Morgan fingerprint density at radius 1 is 1.08 bits per heavy atom. The second-order valence-electron chi connectivity index (χ2n) is 5.73. The number of aromatic nitrogens is 3.